The molecular weight excluding hydrogens is 285 g/mol. The Hall–Kier alpha value is -0.900. The van der Waals surface area contributed by atoms with Gasteiger partial charge in [0.15, 0.2) is 0 Å². The Bertz CT molecular complexity index is 418. The Morgan fingerprint density at radius 3 is 2.71 bits per heavy atom. The van der Waals surface area contributed by atoms with E-state index in [1.165, 1.54) is 6.07 Å². The molecular formula is C13H17BrFNO. The molecule has 0 aliphatic heterocycles. The molecule has 1 aromatic rings. The van der Waals surface area contributed by atoms with Gasteiger partial charge in [0.2, 0.25) is 5.91 Å². The van der Waals surface area contributed by atoms with E-state index < -0.39 is 5.41 Å². The van der Waals surface area contributed by atoms with Crippen LogP contribution < -0.4 is 5.32 Å². The van der Waals surface area contributed by atoms with Crippen LogP contribution in [-0.4, -0.2) is 5.91 Å². The molecule has 94 valence electrons. The van der Waals surface area contributed by atoms with Crippen LogP contribution in [0.5, 0.6) is 0 Å². The van der Waals surface area contributed by atoms with Crippen LogP contribution in [-0.2, 0) is 11.3 Å². The van der Waals surface area contributed by atoms with Gasteiger partial charge in [-0.3, -0.25) is 4.79 Å². The summed E-state index contributed by atoms with van der Waals surface area (Å²) in [5.41, 5.74) is 0.0716. The number of halogens is 2. The number of hydrogen-bond acceptors (Lipinski definition) is 1. The lowest BCUT2D eigenvalue weighted by Crippen LogP contribution is -2.36. The monoisotopic (exact) mass is 301 g/mol. The number of carbonyl (C=O) groups excluding carboxylic acids is 1. The predicted octanol–water partition coefficient (Wildman–Crippen LogP) is 3.64. The third-order valence-electron chi connectivity index (χ3n) is 2.95. The highest BCUT2D eigenvalue weighted by molar-refractivity contribution is 9.10. The van der Waals surface area contributed by atoms with Crippen molar-refractivity contribution in [1.82, 2.24) is 5.32 Å². The Morgan fingerprint density at radius 1 is 1.47 bits per heavy atom. The number of benzene rings is 1. The average molecular weight is 302 g/mol. The maximum Gasteiger partial charge on any atom is 0.225 e. The van der Waals surface area contributed by atoms with E-state index in [2.05, 4.69) is 21.2 Å². The van der Waals surface area contributed by atoms with Crippen molar-refractivity contribution in [3.05, 3.63) is 34.1 Å². The number of nitrogens with one attached hydrogen (secondary N) is 1. The molecule has 0 aromatic heterocycles. The first-order chi connectivity index (χ1) is 7.86. The van der Waals surface area contributed by atoms with E-state index in [1.54, 1.807) is 12.1 Å². The maximum atomic E-state index is 13.4. The molecule has 0 heterocycles. The lowest BCUT2D eigenvalue weighted by Gasteiger charge is -2.21. The van der Waals surface area contributed by atoms with E-state index in [0.717, 1.165) is 10.9 Å². The second-order valence-electron chi connectivity index (χ2n) is 4.66. The maximum absolute atomic E-state index is 13.4. The van der Waals surface area contributed by atoms with E-state index >= 15 is 0 Å². The second kappa shape index (κ2) is 5.63. The molecule has 0 bridgehead atoms. The normalized spacial score (nSPS) is 11.4. The zero-order valence-electron chi connectivity index (χ0n) is 10.3. The summed E-state index contributed by atoms with van der Waals surface area (Å²) in [5, 5.41) is 2.76. The van der Waals surface area contributed by atoms with Gasteiger partial charge in [-0.1, -0.05) is 36.7 Å². The molecule has 0 atom stereocenters. The lowest BCUT2D eigenvalue weighted by atomic mass is 9.89. The van der Waals surface area contributed by atoms with Crippen molar-refractivity contribution >= 4 is 21.8 Å². The highest BCUT2D eigenvalue weighted by Gasteiger charge is 2.24. The zero-order valence-corrected chi connectivity index (χ0v) is 11.9. The van der Waals surface area contributed by atoms with Crippen LogP contribution in [0.15, 0.2) is 22.7 Å². The molecule has 0 aliphatic rings. The third-order valence-corrected chi connectivity index (χ3v) is 3.44. The first-order valence-electron chi connectivity index (χ1n) is 5.59. The van der Waals surface area contributed by atoms with Gasteiger partial charge in [0, 0.05) is 22.0 Å². The van der Waals surface area contributed by atoms with Crippen LogP contribution >= 0.6 is 15.9 Å². The Kier molecular flexibility index (Phi) is 4.69. The number of amides is 1. The molecule has 1 aromatic carbocycles. The summed E-state index contributed by atoms with van der Waals surface area (Å²) in [5.74, 6) is -0.359. The van der Waals surface area contributed by atoms with E-state index in [1.807, 2.05) is 20.8 Å². The van der Waals surface area contributed by atoms with E-state index in [4.69, 9.17) is 0 Å². The highest BCUT2D eigenvalue weighted by Crippen LogP contribution is 2.20. The zero-order chi connectivity index (χ0) is 13.1. The topological polar surface area (TPSA) is 29.1 Å². The van der Waals surface area contributed by atoms with Crippen LogP contribution in [0.4, 0.5) is 4.39 Å². The lowest BCUT2D eigenvalue weighted by molar-refractivity contribution is -0.129. The molecule has 17 heavy (non-hydrogen) atoms. The SMILES string of the molecule is CCC(C)(C)C(=O)NCc1cc(Br)ccc1F. The number of rotatable bonds is 4. The van der Waals surface area contributed by atoms with Gasteiger partial charge in [0.25, 0.3) is 0 Å². The Balaban J connectivity index is 2.68. The van der Waals surface area contributed by atoms with Gasteiger partial charge >= 0.3 is 0 Å². The van der Waals surface area contributed by atoms with Crippen molar-refractivity contribution in [2.24, 2.45) is 5.41 Å². The molecule has 0 aliphatic carbocycles. The van der Waals surface area contributed by atoms with Crippen LogP contribution in [0.2, 0.25) is 0 Å². The third kappa shape index (κ3) is 3.80. The van der Waals surface area contributed by atoms with Gasteiger partial charge < -0.3 is 5.32 Å². The van der Waals surface area contributed by atoms with Crippen molar-refractivity contribution in [3.63, 3.8) is 0 Å². The minimum absolute atomic E-state index is 0.0561. The van der Waals surface area contributed by atoms with Crippen LogP contribution in [0.3, 0.4) is 0 Å². The predicted molar refractivity (Wildman–Crippen MR) is 70.0 cm³/mol. The molecule has 0 fully saturated rings. The average Bonchev–Trinajstić information content (AvgIpc) is 2.29. The second-order valence-corrected chi connectivity index (χ2v) is 5.57. The van der Waals surface area contributed by atoms with Crippen LogP contribution in [0.1, 0.15) is 32.8 Å². The summed E-state index contributed by atoms with van der Waals surface area (Å²) in [6.07, 6.45) is 0.750. The van der Waals surface area contributed by atoms with Gasteiger partial charge in [0.1, 0.15) is 5.82 Å². The molecule has 0 spiro atoms. The molecule has 0 unspecified atom stereocenters. The van der Waals surface area contributed by atoms with Gasteiger partial charge in [0.05, 0.1) is 0 Å². The van der Waals surface area contributed by atoms with Crippen molar-refractivity contribution < 1.29 is 9.18 Å². The molecule has 0 saturated heterocycles. The molecule has 4 heteroatoms. The van der Waals surface area contributed by atoms with Gasteiger partial charge in [-0.15, -0.1) is 0 Å². The summed E-state index contributed by atoms with van der Waals surface area (Å²) in [6, 6.07) is 4.70. The van der Waals surface area contributed by atoms with Gasteiger partial charge in [-0.2, -0.15) is 0 Å². The van der Waals surface area contributed by atoms with E-state index in [9.17, 15) is 9.18 Å². The summed E-state index contributed by atoms with van der Waals surface area (Å²) >= 11 is 3.28. The summed E-state index contributed by atoms with van der Waals surface area (Å²) < 4.78 is 14.2. The summed E-state index contributed by atoms with van der Waals surface area (Å²) in [6.45, 7) is 5.92. The Morgan fingerprint density at radius 2 is 2.12 bits per heavy atom. The summed E-state index contributed by atoms with van der Waals surface area (Å²) in [7, 11) is 0. The number of hydrogen-bond donors (Lipinski definition) is 1. The van der Waals surface area contributed by atoms with Crippen molar-refractivity contribution in [2.45, 2.75) is 33.7 Å². The first-order valence-corrected chi connectivity index (χ1v) is 6.38. The fourth-order valence-corrected chi connectivity index (χ4v) is 1.66. The Labute approximate surface area is 110 Å². The van der Waals surface area contributed by atoms with Crippen molar-refractivity contribution in [2.75, 3.05) is 0 Å². The summed E-state index contributed by atoms with van der Waals surface area (Å²) in [4.78, 5) is 11.8. The minimum atomic E-state index is -0.414. The largest absolute Gasteiger partial charge is 0.351 e. The standard InChI is InChI=1S/C13H17BrFNO/c1-4-13(2,3)12(17)16-8-9-7-10(14)5-6-11(9)15/h5-7H,4,8H2,1-3H3,(H,16,17). The smallest absolute Gasteiger partial charge is 0.225 e. The van der Waals surface area contributed by atoms with E-state index in [-0.39, 0.29) is 18.3 Å². The van der Waals surface area contributed by atoms with Gasteiger partial charge in [-0.05, 0) is 24.6 Å². The highest BCUT2D eigenvalue weighted by atomic mass is 79.9. The van der Waals surface area contributed by atoms with Crippen molar-refractivity contribution in [3.8, 4) is 0 Å². The first kappa shape index (κ1) is 14.2. The molecule has 1 amide bonds. The molecule has 0 radical (unpaired) electrons. The molecule has 0 saturated carbocycles. The molecule has 1 N–H and O–H groups in total. The van der Waals surface area contributed by atoms with E-state index in [0.29, 0.717) is 5.56 Å². The fourth-order valence-electron chi connectivity index (χ4n) is 1.25. The van der Waals surface area contributed by atoms with Crippen molar-refractivity contribution in [1.29, 1.82) is 0 Å². The molecule has 2 nitrogen and oxygen atoms in total. The van der Waals surface area contributed by atoms with Crippen LogP contribution in [0.25, 0.3) is 0 Å². The number of carbonyl (C=O) groups is 1. The van der Waals surface area contributed by atoms with Gasteiger partial charge in [-0.25, -0.2) is 4.39 Å². The fraction of sp³-hybridized carbons (Fsp3) is 0.462. The van der Waals surface area contributed by atoms with Crippen LogP contribution in [0, 0.1) is 11.2 Å². The minimum Gasteiger partial charge on any atom is -0.351 e. The quantitative estimate of drug-likeness (QED) is 0.904. The molecule has 1 rings (SSSR count).